The maximum absolute atomic E-state index is 3.56. The van der Waals surface area contributed by atoms with E-state index in [1.165, 1.54) is 51.5 Å². The van der Waals surface area contributed by atoms with Crippen LogP contribution in [0.1, 0.15) is 44.9 Å². The van der Waals surface area contributed by atoms with Crippen LogP contribution in [0, 0.1) is 5.92 Å². The maximum Gasteiger partial charge on any atom is 0.00676 e. The SMILES string of the molecule is C1CC(CCC2CCCN2)C1. The minimum atomic E-state index is 0.885. The van der Waals surface area contributed by atoms with Gasteiger partial charge in [-0.2, -0.15) is 0 Å². The highest BCUT2D eigenvalue weighted by Gasteiger charge is 2.20. The van der Waals surface area contributed by atoms with E-state index in [-0.39, 0.29) is 0 Å². The minimum Gasteiger partial charge on any atom is -0.314 e. The molecule has 1 heterocycles. The van der Waals surface area contributed by atoms with Crippen LogP contribution in [0.2, 0.25) is 0 Å². The third-order valence-electron chi connectivity index (χ3n) is 3.31. The van der Waals surface area contributed by atoms with E-state index in [1.807, 2.05) is 0 Å². The first-order chi connectivity index (χ1) is 5.45. The topological polar surface area (TPSA) is 12.0 Å². The van der Waals surface area contributed by atoms with Gasteiger partial charge in [0.15, 0.2) is 0 Å². The van der Waals surface area contributed by atoms with Crippen LogP contribution in [0.25, 0.3) is 0 Å². The first-order valence-corrected chi connectivity index (χ1v) is 5.18. The van der Waals surface area contributed by atoms with Crippen molar-refractivity contribution in [1.29, 1.82) is 0 Å². The lowest BCUT2D eigenvalue weighted by Crippen LogP contribution is -2.23. The molecule has 64 valence electrons. The zero-order chi connectivity index (χ0) is 7.52. The van der Waals surface area contributed by atoms with Crippen molar-refractivity contribution in [2.24, 2.45) is 5.92 Å². The molecule has 1 atom stereocenters. The molecule has 11 heavy (non-hydrogen) atoms. The van der Waals surface area contributed by atoms with Crippen LogP contribution in [0.15, 0.2) is 0 Å². The molecule has 1 saturated carbocycles. The normalized spacial score (nSPS) is 32.2. The average molecular weight is 153 g/mol. The van der Waals surface area contributed by atoms with Gasteiger partial charge in [-0.15, -0.1) is 0 Å². The molecule has 1 aliphatic carbocycles. The molecule has 0 aromatic carbocycles. The van der Waals surface area contributed by atoms with E-state index in [1.54, 1.807) is 0 Å². The summed E-state index contributed by atoms with van der Waals surface area (Å²) in [7, 11) is 0. The molecule has 1 nitrogen and oxygen atoms in total. The third kappa shape index (κ3) is 1.96. The fourth-order valence-corrected chi connectivity index (χ4v) is 2.22. The molecule has 1 aliphatic heterocycles. The van der Waals surface area contributed by atoms with Crippen molar-refractivity contribution in [1.82, 2.24) is 5.32 Å². The van der Waals surface area contributed by atoms with E-state index in [2.05, 4.69) is 5.32 Å². The number of nitrogens with one attached hydrogen (secondary N) is 1. The average Bonchev–Trinajstić information content (AvgIpc) is 2.36. The molecule has 0 radical (unpaired) electrons. The van der Waals surface area contributed by atoms with E-state index in [9.17, 15) is 0 Å². The van der Waals surface area contributed by atoms with Crippen molar-refractivity contribution in [3.63, 3.8) is 0 Å². The standard InChI is InChI=1S/C10H19N/c1-3-9(4-1)6-7-10-5-2-8-11-10/h9-11H,1-8H2. The second kappa shape index (κ2) is 3.57. The Labute approximate surface area is 69.6 Å². The predicted molar refractivity (Wildman–Crippen MR) is 47.6 cm³/mol. The molecule has 2 rings (SSSR count). The van der Waals surface area contributed by atoms with E-state index in [0.717, 1.165) is 12.0 Å². The van der Waals surface area contributed by atoms with Crippen molar-refractivity contribution in [2.75, 3.05) is 6.54 Å². The Hall–Kier alpha value is -0.0400. The second-order valence-corrected chi connectivity index (χ2v) is 4.17. The van der Waals surface area contributed by atoms with Gasteiger partial charge in [0, 0.05) is 6.04 Å². The molecule has 1 saturated heterocycles. The Bertz CT molecular complexity index is 112. The van der Waals surface area contributed by atoms with E-state index < -0.39 is 0 Å². The Morgan fingerprint density at radius 2 is 1.91 bits per heavy atom. The lowest BCUT2D eigenvalue weighted by molar-refractivity contribution is 0.279. The molecular formula is C10H19N. The molecule has 1 N–H and O–H groups in total. The van der Waals surface area contributed by atoms with E-state index in [4.69, 9.17) is 0 Å². The van der Waals surface area contributed by atoms with Crippen molar-refractivity contribution in [3.05, 3.63) is 0 Å². The van der Waals surface area contributed by atoms with Crippen LogP contribution < -0.4 is 5.32 Å². The van der Waals surface area contributed by atoms with Gasteiger partial charge in [-0.25, -0.2) is 0 Å². The minimum absolute atomic E-state index is 0.885. The van der Waals surface area contributed by atoms with Gasteiger partial charge in [0.2, 0.25) is 0 Å². The lowest BCUT2D eigenvalue weighted by Gasteiger charge is -2.26. The molecule has 2 aliphatic rings. The first-order valence-electron chi connectivity index (χ1n) is 5.18. The smallest absolute Gasteiger partial charge is 0.00676 e. The summed E-state index contributed by atoms with van der Waals surface area (Å²) in [5.74, 6) is 1.11. The van der Waals surface area contributed by atoms with Gasteiger partial charge in [0.1, 0.15) is 0 Å². The zero-order valence-electron chi connectivity index (χ0n) is 7.31. The van der Waals surface area contributed by atoms with Crippen molar-refractivity contribution in [3.8, 4) is 0 Å². The second-order valence-electron chi connectivity index (χ2n) is 4.17. The van der Waals surface area contributed by atoms with Crippen LogP contribution in [0.3, 0.4) is 0 Å². The summed E-state index contributed by atoms with van der Waals surface area (Å²) in [6.07, 6.45) is 10.3. The quantitative estimate of drug-likeness (QED) is 0.656. The lowest BCUT2D eigenvalue weighted by atomic mass is 9.81. The van der Waals surface area contributed by atoms with Gasteiger partial charge in [-0.05, 0) is 38.1 Å². The summed E-state index contributed by atoms with van der Waals surface area (Å²) in [6.45, 7) is 1.27. The predicted octanol–water partition coefficient (Wildman–Crippen LogP) is 2.32. The maximum atomic E-state index is 3.56. The molecule has 1 unspecified atom stereocenters. The number of hydrogen-bond donors (Lipinski definition) is 1. The van der Waals surface area contributed by atoms with Gasteiger partial charge in [-0.3, -0.25) is 0 Å². The number of hydrogen-bond acceptors (Lipinski definition) is 1. The fourth-order valence-electron chi connectivity index (χ4n) is 2.22. The molecule has 0 bridgehead atoms. The van der Waals surface area contributed by atoms with Crippen LogP contribution in [-0.4, -0.2) is 12.6 Å². The highest BCUT2D eigenvalue weighted by molar-refractivity contribution is 4.77. The third-order valence-corrected chi connectivity index (χ3v) is 3.31. The highest BCUT2D eigenvalue weighted by atomic mass is 14.9. The first kappa shape index (κ1) is 7.60. The van der Waals surface area contributed by atoms with Gasteiger partial charge in [-0.1, -0.05) is 19.3 Å². The summed E-state index contributed by atoms with van der Waals surface area (Å²) >= 11 is 0. The van der Waals surface area contributed by atoms with Gasteiger partial charge < -0.3 is 5.32 Å². The van der Waals surface area contributed by atoms with E-state index in [0.29, 0.717) is 0 Å². The molecular weight excluding hydrogens is 134 g/mol. The summed E-state index contributed by atoms with van der Waals surface area (Å²) in [4.78, 5) is 0. The van der Waals surface area contributed by atoms with Crippen LogP contribution in [0.4, 0.5) is 0 Å². The van der Waals surface area contributed by atoms with Crippen molar-refractivity contribution in [2.45, 2.75) is 51.0 Å². The van der Waals surface area contributed by atoms with Crippen LogP contribution >= 0.6 is 0 Å². The molecule has 0 aromatic rings. The summed E-state index contributed by atoms with van der Waals surface area (Å²) in [6, 6.07) is 0.885. The molecule has 0 amide bonds. The Balaban J connectivity index is 1.57. The largest absolute Gasteiger partial charge is 0.314 e. The number of rotatable bonds is 3. The highest BCUT2D eigenvalue weighted by Crippen LogP contribution is 2.31. The van der Waals surface area contributed by atoms with Crippen molar-refractivity contribution < 1.29 is 0 Å². The summed E-state index contributed by atoms with van der Waals surface area (Å²) in [5.41, 5.74) is 0. The summed E-state index contributed by atoms with van der Waals surface area (Å²) < 4.78 is 0. The Morgan fingerprint density at radius 3 is 2.45 bits per heavy atom. The molecule has 2 fully saturated rings. The van der Waals surface area contributed by atoms with Gasteiger partial charge >= 0.3 is 0 Å². The Kier molecular flexibility index (Phi) is 2.47. The van der Waals surface area contributed by atoms with Gasteiger partial charge in [0.25, 0.3) is 0 Å². The Morgan fingerprint density at radius 1 is 1.00 bits per heavy atom. The molecule has 1 heteroatoms. The van der Waals surface area contributed by atoms with Crippen molar-refractivity contribution >= 4 is 0 Å². The summed E-state index contributed by atoms with van der Waals surface area (Å²) in [5, 5.41) is 3.56. The van der Waals surface area contributed by atoms with Crippen LogP contribution in [0.5, 0.6) is 0 Å². The molecule has 0 aromatic heterocycles. The monoisotopic (exact) mass is 153 g/mol. The zero-order valence-corrected chi connectivity index (χ0v) is 7.31. The van der Waals surface area contributed by atoms with Gasteiger partial charge in [0.05, 0.1) is 0 Å². The molecule has 0 spiro atoms. The van der Waals surface area contributed by atoms with E-state index >= 15 is 0 Å². The fraction of sp³-hybridized carbons (Fsp3) is 1.00. The van der Waals surface area contributed by atoms with Crippen LogP contribution in [-0.2, 0) is 0 Å².